The Morgan fingerprint density at radius 1 is 1.44 bits per heavy atom. The fraction of sp³-hybridized carbons (Fsp3) is 0.357. The molecule has 0 radical (unpaired) electrons. The lowest BCUT2D eigenvalue weighted by atomic mass is 10.0. The van der Waals surface area contributed by atoms with Gasteiger partial charge in [-0.1, -0.05) is 44.2 Å². The summed E-state index contributed by atoms with van der Waals surface area (Å²) in [5.74, 6) is -0.258. The summed E-state index contributed by atoms with van der Waals surface area (Å²) >= 11 is 0. The van der Waals surface area contributed by atoms with Crippen LogP contribution in [0.4, 0.5) is 0 Å². The number of carbonyl (C=O) groups is 1. The van der Waals surface area contributed by atoms with E-state index >= 15 is 0 Å². The fourth-order valence-corrected chi connectivity index (χ4v) is 1.52. The minimum atomic E-state index is -0.258. The number of aryl methyl sites for hydroxylation is 1. The van der Waals surface area contributed by atoms with E-state index in [0.29, 0.717) is 5.56 Å². The lowest BCUT2D eigenvalue weighted by molar-refractivity contribution is 0.0548. The molecule has 0 fully saturated rings. The second-order valence-electron chi connectivity index (χ2n) is 3.65. The van der Waals surface area contributed by atoms with Gasteiger partial charge in [-0.25, -0.2) is 4.79 Å². The summed E-state index contributed by atoms with van der Waals surface area (Å²) in [6.07, 6.45) is 4.71. The Labute approximate surface area is 96.9 Å². The van der Waals surface area contributed by atoms with E-state index in [4.69, 9.17) is 4.74 Å². The van der Waals surface area contributed by atoms with Gasteiger partial charge in [0, 0.05) is 0 Å². The number of benzene rings is 1. The van der Waals surface area contributed by atoms with E-state index in [2.05, 4.69) is 13.5 Å². The Morgan fingerprint density at radius 3 is 2.88 bits per heavy atom. The highest BCUT2D eigenvalue weighted by Gasteiger charge is 2.10. The molecule has 0 aliphatic rings. The van der Waals surface area contributed by atoms with Crippen molar-refractivity contribution in [1.29, 1.82) is 0 Å². The van der Waals surface area contributed by atoms with Crippen LogP contribution in [0.25, 0.3) is 0 Å². The van der Waals surface area contributed by atoms with E-state index in [1.165, 1.54) is 0 Å². The van der Waals surface area contributed by atoms with Gasteiger partial charge < -0.3 is 4.74 Å². The summed E-state index contributed by atoms with van der Waals surface area (Å²) in [7, 11) is 0. The number of hydrogen-bond acceptors (Lipinski definition) is 2. The maximum Gasteiger partial charge on any atom is 0.338 e. The van der Waals surface area contributed by atoms with Crippen LogP contribution < -0.4 is 0 Å². The number of rotatable bonds is 6. The summed E-state index contributed by atoms with van der Waals surface area (Å²) in [5, 5.41) is 0. The van der Waals surface area contributed by atoms with Gasteiger partial charge in [0.15, 0.2) is 0 Å². The van der Waals surface area contributed by atoms with Crippen LogP contribution in [-0.2, 0) is 11.2 Å². The lowest BCUT2D eigenvalue weighted by Gasteiger charge is -2.07. The van der Waals surface area contributed by atoms with Gasteiger partial charge in [0.05, 0.1) is 5.56 Å². The number of hydrogen-bond donors (Lipinski definition) is 0. The Kier molecular flexibility index (Phi) is 5.34. The Balaban J connectivity index is 2.76. The average molecular weight is 218 g/mol. The molecule has 0 heterocycles. The van der Waals surface area contributed by atoms with Crippen LogP contribution in [0, 0.1) is 0 Å². The molecule has 0 saturated heterocycles. The average Bonchev–Trinajstić information content (AvgIpc) is 2.33. The second-order valence-corrected chi connectivity index (χ2v) is 3.65. The van der Waals surface area contributed by atoms with Gasteiger partial charge >= 0.3 is 5.97 Å². The van der Waals surface area contributed by atoms with Crippen LogP contribution in [0.3, 0.4) is 0 Å². The maximum atomic E-state index is 11.7. The lowest BCUT2D eigenvalue weighted by Crippen LogP contribution is -2.08. The summed E-state index contributed by atoms with van der Waals surface area (Å²) in [5.41, 5.74) is 1.75. The highest BCUT2D eigenvalue weighted by Crippen LogP contribution is 2.13. The van der Waals surface area contributed by atoms with E-state index in [0.717, 1.165) is 24.8 Å². The van der Waals surface area contributed by atoms with E-state index in [-0.39, 0.29) is 12.6 Å². The first-order valence-electron chi connectivity index (χ1n) is 5.65. The fourth-order valence-electron chi connectivity index (χ4n) is 1.52. The van der Waals surface area contributed by atoms with E-state index in [1.807, 2.05) is 24.3 Å². The molecule has 2 nitrogen and oxygen atoms in total. The van der Waals surface area contributed by atoms with Crippen molar-refractivity contribution in [2.75, 3.05) is 6.61 Å². The molecule has 0 amide bonds. The van der Waals surface area contributed by atoms with E-state index < -0.39 is 0 Å². The molecule has 2 heteroatoms. The third-order valence-corrected chi connectivity index (χ3v) is 2.37. The summed E-state index contributed by atoms with van der Waals surface area (Å²) in [6, 6.07) is 7.62. The predicted molar refractivity (Wildman–Crippen MR) is 65.5 cm³/mol. The molecule has 16 heavy (non-hydrogen) atoms. The minimum Gasteiger partial charge on any atom is -0.458 e. The first-order chi connectivity index (χ1) is 7.79. The molecule has 1 aromatic carbocycles. The molecule has 0 atom stereocenters. The van der Waals surface area contributed by atoms with Crippen molar-refractivity contribution >= 4 is 5.97 Å². The molecule has 86 valence electrons. The zero-order chi connectivity index (χ0) is 11.8. The van der Waals surface area contributed by atoms with Crippen molar-refractivity contribution in [2.24, 2.45) is 0 Å². The quantitative estimate of drug-likeness (QED) is 0.540. The van der Waals surface area contributed by atoms with Gasteiger partial charge in [-0.3, -0.25) is 0 Å². The van der Waals surface area contributed by atoms with Gasteiger partial charge in [-0.05, 0) is 24.5 Å². The maximum absolute atomic E-state index is 11.7. The molecule has 0 N–H and O–H groups in total. The minimum absolute atomic E-state index is 0.258. The first kappa shape index (κ1) is 12.5. The highest BCUT2D eigenvalue weighted by molar-refractivity contribution is 5.91. The molecule has 0 spiro atoms. The predicted octanol–water partition coefficient (Wildman–Crippen LogP) is 3.37. The van der Waals surface area contributed by atoms with Crippen molar-refractivity contribution < 1.29 is 9.53 Å². The Hall–Kier alpha value is -1.57. The zero-order valence-corrected chi connectivity index (χ0v) is 9.74. The third-order valence-electron chi connectivity index (χ3n) is 2.37. The van der Waals surface area contributed by atoms with Crippen molar-refractivity contribution in [3.05, 3.63) is 48.0 Å². The Morgan fingerprint density at radius 2 is 2.19 bits per heavy atom. The van der Waals surface area contributed by atoms with Crippen LogP contribution in [0.2, 0.25) is 0 Å². The van der Waals surface area contributed by atoms with Crippen LogP contribution in [0.1, 0.15) is 35.7 Å². The normalized spacial score (nSPS) is 9.81. The molecule has 0 aromatic heterocycles. The molecular weight excluding hydrogens is 200 g/mol. The molecule has 0 bridgehead atoms. The number of esters is 1. The molecule has 0 saturated carbocycles. The topological polar surface area (TPSA) is 26.3 Å². The first-order valence-corrected chi connectivity index (χ1v) is 5.65. The van der Waals surface area contributed by atoms with Crippen molar-refractivity contribution in [1.82, 2.24) is 0 Å². The van der Waals surface area contributed by atoms with Crippen LogP contribution in [0.15, 0.2) is 36.9 Å². The highest BCUT2D eigenvalue weighted by atomic mass is 16.5. The van der Waals surface area contributed by atoms with Crippen LogP contribution in [-0.4, -0.2) is 12.6 Å². The Bertz CT molecular complexity index is 356. The molecule has 0 unspecified atom stereocenters. The standard InChI is InChI=1S/C14H18O2/c1-3-5-8-12-9-6-7-10-13(12)14(15)16-11-4-2/h4,6-7,9-10H,2-3,5,8,11H2,1H3. The van der Waals surface area contributed by atoms with E-state index in [1.54, 1.807) is 6.08 Å². The third kappa shape index (κ3) is 3.54. The number of unbranched alkanes of at least 4 members (excludes halogenated alkanes) is 1. The van der Waals surface area contributed by atoms with Gasteiger partial charge in [-0.2, -0.15) is 0 Å². The summed E-state index contributed by atoms with van der Waals surface area (Å²) in [6.45, 7) is 5.92. The smallest absolute Gasteiger partial charge is 0.338 e. The van der Waals surface area contributed by atoms with Crippen molar-refractivity contribution in [3.63, 3.8) is 0 Å². The summed E-state index contributed by atoms with van der Waals surface area (Å²) < 4.78 is 5.04. The van der Waals surface area contributed by atoms with Gasteiger partial charge in [0.1, 0.15) is 6.61 Å². The molecule has 0 aliphatic heterocycles. The monoisotopic (exact) mass is 218 g/mol. The largest absolute Gasteiger partial charge is 0.458 e. The summed E-state index contributed by atoms with van der Waals surface area (Å²) in [4.78, 5) is 11.7. The molecule has 0 aliphatic carbocycles. The van der Waals surface area contributed by atoms with Gasteiger partial charge in [0.25, 0.3) is 0 Å². The van der Waals surface area contributed by atoms with Crippen molar-refractivity contribution in [3.8, 4) is 0 Å². The number of ether oxygens (including phenoxy) is 1. The molecular formula is C14H18O2. The van der Waals surface area contributed by atoms with Gasteiger partial charge in [0.2, 0.25) is 0 Å². The number of carbonyl (C=O) groups excluding carboxylic acids is 1. The van der Waals surface area contributed by atoms with Crippen LogP contribution in [0.5, 0.6) is 0 Å². The van der Waals surface area contributed by atoms with Crippen molar-refractivity contribution in [2.45, 2.75) is 26.2 Å². The van der Waals surface area contributed by atoms with Gasteiger partial charge in [-0.15, -0.1) is 0 Å². The second kappa shape index (κ2) is 6.83. The van der Waals surface area contributed by atoms with E-state index in [9.17, 15) is 4.79 Å². The SMILES string of the molecule is C=CCOC(=O)c1ccccc1CCCC. The molecule has 1 rings (SSSR count). The van der Waals surface area contributed by atoms with Crippen LogP contribution >= 0.6 is 0 Å². The zero-order valence-electron chi connectivity index (χ0n) is 9.74. The molecule has 1 aromatic rings.